The van der Waals surface area contributed by atoms with Gasteiger partial charge in [-0.25, -0.2) is 4.98 Å². The third-order valence-electron chi connectivity index (χ3n) is 2.59. The Morgan fingerprint density at radius 3 is 2.47 bits per heavy atom. The van der Waals surface area contributed by atoms with Crippen molar-refractivity contribution in [1.29, 1.82) is 0 Å². The summed E-state index contributed by atoms with van der Waals surface area (Å²) in [6, 6.07) is 3.65. The smallest absolute Gasteiger partial charge is 0.213 e. The molecule has 3 nitrogen and oxygen atoms in total. The molecule has 0 radical (unpaired) electrons. The van der Waals surface area contributed by atoms with Crippen LogP contribution in [0.5, 0.6) is 5.88 Å². The maximum Gasteiger partial charge on any atom is 0.213 e. The van der Waals surface area contributed by atoms with Crippen molar-refractivity contribution in [3.63, 3.8) is 0 Å². The number of aryl methyl sites for hydroxylation is 1. The Bertz CT molecular complexity index is 323. The third-order valence-corrected chi connectivity index (χ3v) is 2.59. The molecule has 0 bridgehead atoms. The Balaban J connectivity index is 2.75. The summed E-state index contributed by atoms with van der Waals surface area (Å²) in [7, 11) is 0. The summed E-state index contributed by atoms with van der Waals surface area (Å²) >= 11 is 0. The van der Waals surface area contributed by atoms with Gasteiger partial charge in [-0.2, -0.15) is 0 Å². The van der Waals surface area contributed by atoms with Crippen LogP contribution in [0.3, 0.4) is 0 Å². The first-order valence-corrected chi connectivity index (χ1v) is 5.28. The molecule has 1 N–H and O–H groups in total. The van der Waals surface area contributed by atoms with E-state index in [1.165, 1.54) is 0 Å². The first-order chi connectivity index (χ1) is 7.04. The number of aliphatic hydroxyl groups excluding tert-OH is 1. The molecule has 0 aliphatic rings. The maximum absolute atomic E-state index is 9.00. The van der Waals surface area contributed by atoms with Crippen LogP contribution in [0.4, 0.5) is 0 Å². The second-order valence-electron chi connectivity index (χ2n) is 4.12. The van der Waals surface area contributed by atoms with Gasteiger partial charge in [0, 0.05) is 11.8 Å². The molecular formula is C12H19NO2. The van der Waals surface area contributed by atoms with Gasteiger partial charge in [0.15, 0.2) is 0 Å². The van der Waals surface area contributed by atoms with Crippen LogP contribution in [0.15, 0.2) is 12.1 Å². The average molecular weight is 209 g/mol. The summed E-state index contributed by atoms with van der Waals surface area (Å²) in [5, 5.41) is 9.00. The molecular weight excluding hydrogens is 190 g/mol. The van der Waals surface area contributed by atoms with E-state index in [0.29, 0.717) is 11.8 Å². The predicted molar refractivity (Wildman–Crippen MR) is 59.8 cm³/mol. The Hall–Kier alpha value is -1.09. The minimum absolute atomic E-state index is 0.0266. The van der Waals surface area contributed by atoms with Crippen LogP contribution in [0, 0.1) is 12.8 Å². The van der Waals surface area contributed by atoms with Crippen LogP contribution >= 0.6 is 0 Å². The topological polar surface area (TPSA) is 42.4 Å². The Morgan fingerprint density at radius 1 is 1.33 bits per heavy atom. The molecule has 1 unspecified atom stereocenters. The highest BCUT2D eigenvalue weighted by Crippen LogP contribution is 2.16. The second kappa shape index (κ2) is 5.12. The highest BCUT2D eigenvalue weighted by Gasteiger charge is 2.10. The standard InChI is InChI=1S/C12H19NO2/c1-8(2)10(4)15-12-6-5-11(7-14)9(3)13-12/h5-6,8,10,14H,7H2,1-4H3. The highest BCUT2D eigenvalue weighted by molar-refractivity contribution is 5.24. The third kappa shape index (κ3) is 3.20. The molecule has 0 aliphatic carbocycles. The number of nitrogens with zero attached hydrogens (tertiary/aromatic N) is 1. The molecule has 0 saturated carbocycles. The summed E-state index contributed by atoms with van der Waals surface area (Å²) in [6.45, 7) is 8.15. The van der Waals surface area contributed by atoms with Gasteiger partial charge < -0.3 is 9.84 Å². The summed E-state index contributed by atoms with van der Waals surface area (Å²) in [5.41, 5.74) is 1.67. The van der Waals surface area contributed by atoms with E-state index < -0.39 is 0 Å². The van der Waals surface area contributed by atoms with Gasteiger partial charge in [0.05, 0.1) is 12.7 Å². The molecule has 0 aliphatic heterocycles. The van der Waals surface area contributed by atoms with Crippen LogP contribution in [0.1, 0.15) is 32.0 Å². The van der Waals surface area contributed by atoms with E-state index >= 15 is 0 Å². The minimum atomic E-state index is 0.0266. The molecule has 0 amide bonds. The van der Waals surface area contributed by atoms with Gasteiger partial charge in [-0.1, -0.05) is 13.8 Å². The van der Waals surface area contributed by atoms with Crippen LogP contribution < -0.4 is 4.74 Å². The molecule has 1 atom stereocenters. The molecule has 1 aromatic heterocycles. The van der Waals surface area contributed by atoms with E-state index in [-0.39, 0.29) is 12.7 Å². The van der Waals surface area contributed by atoms with Gasteiger partial charge in [0.2, 0.25) is 5.88 Å². The van der Waals surface area contributed by atoms with Crippen molar-refractivity contribution < 1.29 is 9.84 Å². The molecule has 0 aromatic carbocycles. The lowest BCUT2D eigenvalue weighted by atomic mass is 10.1. The zero-order valence-electron chi connectivity index (χ0n) is 9.82. The number of rotatable bonds is 4. The molecule has 84 valence electrons. The lowest BCUT2D eigenvalue weighted by Gasteiger charge is -2.17. The van der Waals surface area contributed by atoms with E-state index in [1.807, 2.05) is 19.9 Å². The Labute approximate surface area is 91.1 Å². The number of ether oxygens (including phenoxy) is 1. The van der Waals surface area contributed by atoms with Crippen LogP contribution in [0.25, 0.3) is 0 Å². The van der Waals surface area contributed by atoms with Crippen molar-refractivity contribution in [2.45, 2.75) is 40.4 Å². The quantitative estimate of drug-likeness (QED) is 0.827. The first kappa shape index (κ1) is 12.0. The van der Waals surface area contributed by atoms with E-state index in [0.717, 1.165) is 11.3 Å². The van der Waals surface area contributed by atoms with Gasteiger partial charge in [-0.05, 0) is 31.4 Å². The summed E-state index contributed by atoms with van der Waals surface area (Å²) in [5.74, 6) is 1.09. The fraction of sp³-hybridized carbons (Fsp3) is 0.583. The molecule has 0 saturated heterocycles. The van der Waals surface area contributed by atoms with Gasteiger partial charge >= 0.3 is 0 Å². The van der Waals surface area contributed by atoms with E-state index in [4.69, 9.17) is 9.84 Å². The number of aromatic nitrogens is 1. The number of aliphatic hydroxyl groups is 1. The van der Waals surface area contributed by atoms with Crippen molar-refractivity contribution in [2.75, 3.05) is 0 Å². The largest absolute Gasteiger partial charge is 0.474 e. The molecule has 3 heteroatoms. The minimum Gasteiger partial charge on any atom is -0.474 e. The first-order valence-electron chi connectivity index (χ1n) is 5.28. The number of hydrogen-bond donors (Lipinski definition) is 1. The molecule has 1 heterocycles. The SMILES string of the molecule is Cc1nc(OC(C)C(C)C)ccc1CO. The normalized spacial score (nSPS) is 12.9. The van der Waals surface area contributed by atoms with Crippen molar-refractivity contribution in [3.05, 3.63) is 23.4 Å². The molecule has 1 aromatic rings. The number of pyridine rings is 1. The average Bonchev–Trinajstić information content (AvgIpc) is 2.18. The van der Waals surface area contributed by atoms with E-state index in [2.05, 4.69) is 18.8 Å². The number of hydrogen-bond acceptors (Lipinski definition) is 3. The van der Waals surface area contributed by atoms with Gasteiger partial charge in [-0.15, -0.1) is 0 Å². The van der Waals surface area contributed by atoms with E-state index in [1.54, 1.807) is 6.07 Å². The van der Waals surface area contributed by atoms with Crippen molar-refractivity contribution in [1.82, 2.24) is 4.98 Å². The molecule has 0 spiro atoms. The lowest BCUT2D eigenvalue weighted by molar-refractivity contribution is 0.163. The van der Waals surface area contributed by atoms with Crippen molar-refractivity contribution in [2.24, 2.45) is 5.92 Å². The predicted octanol–water partition coefficient (Wildman–Crippen LogP) is 2.31. The Kier molecular flexibility index (Phi) is 4.09. The van der Waals surface area contributed by atoms with Crippen LogP contribution in [0.2, 0.25) is 0 Å². The zero-order valence-corrected chi connectivity index (χ0v) is 9.82. The van der Waals surface area contributed by atoms with Crippen molar-refractivity contribution in [3.8, 4) is 5.88 Å². The van der Waals surface area contributed by atoms with Gasteiger partial charge in [0.25, 0.3) is 0 Å². The maximum atomic E-state index is 9.00. The molecule has 15 heavy (non-hydrogen) atoms. The second-order valence-corrected chi connectivity index (χ2v) is 4.12. The fourth-order valence-corrected chi connectivity index (χ4v) is 1.13. The summed E-state index contributed by atoms with van der Waals surface area (Å²) < 4.78 is 5.66. The van der Waals surface area contributed by atoms with Crippen LogP contribution in [-0.4, -0.2) is 16.2 Å². The van der Waals surface area contributed by atoms with Crippen LogP contribution in [-0.2, 0) is 6.61 Å². The van der Waals surface area contributed by atoms with E-state index in [9.17, 15) is 0 Å². The van der Waals surface area contributed by atoms with Gasteiger partial charge in [0.1, 0.15) is 0 Å². The lowest BCUT2D eigenvalue weighted by Crippen LogP contribution is -2.19. The molecule has 1 rings (SSSR count). The van der Waals surface area contributed by atoms with Crippen molar-refractivity contribution >= 4 is 0 Å². The summed E-state index contributed by atoms with van der Waals surface area (Å²) in [4.78, 5) is 4.28. The monoisotopic (exact) mass is 209 g/mol. The molecule has 0 fully saturated rings. The summed E-state index contributed by atoms with van der Waals surface area (Å²) in [6.07, 6.45) is 0.150. The Morgan fingerprint density at radius 2 is 2.00 bits per heavy atom. The zero-order chi connectivity index (χ0) is 11.4. The fourth-order valence-electron chi connectivity index (χ4n) is 1.13. The highest BCUT2D eigenvalue weighted by atomic mass is 16.5. The van der Waals surface area contributed by atoms with Gasteiger partial charge in [-0.3, -0.25) is 0 Å².